The van der Waals surface area contributed by atoms with Gasteiger partial charge in [0.25, 0.3) is 0 Å². The first kappa shape index (κ1) is 15.0. The molecule has 1 aromatic heterocycles. The Labute approximate surface area is 117 Å². The molecule has 0 radical (unpaired) electrons. The molecule has 108 valence electrons. The Kier molecular flexibility index (Phi) is 4.65. The summed E-state index contributed by atoms with van der Waals surface area (Å²) < 4.78 is 41.4. The highest BCUT2D eigenvalue weighted by Crippen LogP contribution is 2.32. The summed E-state index contributed by atoms with van der Waals surface area (Å²) in [6.45, 7) is 1.47. The Hall–Kier alpha value is -0.440. The fourth-order valence-electron chi connectivity index (χ4n) is 2.20. The molecule has 2 rings (SSSR count). The van der Waals surface area contributed by atoms with Crippen molar-refractivity contribution in [3.8, 4) is 0 Å². The van der Waals surface area contributed by atoms with Crippen molar-refractivity contribution in [3.05, 3.63) is 10.0 Å². The highest BCUT2D eigenvalue weighted by Gasteiger charge is 2.44. The summed E-state index contributed by atoms with van der Waals surface area (Å²) >= 11 is 6.97. The maximum atomic E-state index is 12.4. The van der Waals surface area contributed by atoms with Gasteiger partial charge in [0.05, 0.1) is 0 Å². The van der Waals surface area contributed by atoms with Gasteiger partial charge in [-0.25, -0.2) is 0 Å². The largest absolute Gasteiger partial charge is 0.414 e. The number of piperidine rings is 1. The van der Waals surface area contributed by atoms with Gasteiger partial charge in [-0.1, -0.05) is 16.1 Å². The van der Waals surface area contributed by atoms with Crippen LogP contribution >= 0.6 is 23.1 Å². The Morgan fingerprint density at radius 1 is 1.42 bits per heavy atom. The van der Waals surface area contributed by atoms with Crippen molar-refractivity contribution < 1.29 is 18.3 Å². The van der Waals surface area contributed by atoms with Crippen LogP contribution < -0.4 is 0 Å². The summed E-state index contributed by atoms with van der Waals surface area (Å²) in [4.78, 5) is 1.97. The topological polar surface area (TPSA) is 49.2 Å². The van der Waals surface area contributed by atoms with E-state index in [4.69, 9.17) is 11.6 Å². The van der Waals surface area contributed by atoms with Crippen LogP contribution in [-0.2, 0) is 6.54 Å². The predicted octanol–water partition coefficient (Wildman–Crippen LogP) is 2.33. The van der Waals surface area contributed by atoms with Crippen LogP contribution in [0.25, 0.3) is 0 Å². The van der Waals surface area contributed by atoms with E-state index in [-0.39, 0.29) is 0 Å². The molecule has 0 saturated carbocycles. The van der Waals surface area contributed by atoms with Crippen molar-refractivity contribution in [2.75, 3.05) is 13.1 Å². The first-order valence-electron chi connectivity index (χ1n) is 5.82. The van der Waals surface area contributed by atoms with Gasteiger partial charge in [-0.05, 0) is 31.8 Å². The summed E-state index contributed by atoms with van der Waals surface area (Å²) in [5, 5.41) is 13.1. The summed E-state index contributed by atoms with van der Waals surface area (Å²) in [7, 11) is 0. The molecular weight excluding hydrogens is 303 g/mol. The van der Waals surface area contributed by atoms with Gasteiger partial charge >= 0.3 is 6.18 Å². The Balaban J connectivity index is 1.84. The standard InChI is InChI=1S/C10H13ClF3N3OS/c11-9-7(15-16-19-9)5-17-3-1-6(2-4-17)8(18)10(12,13)14/h6,8,18H,1-5H2. The summed E-state index contributed by atoms with van der Waals surface area (Å²) in [6, 6.07) is 0. The number of rotatable bonds is 3. The van der Waals surface area contributed by atoms with Gasteiger partial charge < -0.3 is 5.11 Å². The van der Waals surface area contributed by atoms with Gasteiger partial charge in [-0.3, -0.25) is 4.90 Å². The molecule has 19 heavy (non-hydrogen) atoms. The van der Waals surface area contributed by atoms with Gasteiger partial charge in [-0.15, -0.1) is 5.10 Å². The second kappa shape index (κ2) is 5.90. The van der Waals surface area contributed by atoms with Crippen molar-refractivity contribution in [2.24, 2.45) is 5.92 Å². The molecule has 0 spiro atoms. The van der Waals surface area contributed by atoms with Crippen molar-refractivity contribution in [1.82, 2.24) is 14.5 Å². The molecule has 0 aromatic carbocycles. The van der Waals surface area contributed by atoms with Crippen LogP contribution in [0.3, 0.4) is 0 Å². The Bertz CT molecular complexity index is 420. The van der Waals surface area contributed by atoms with Crippen LogP contribution in [0.5, 0.6) is 0 Å². The van der Waals surface area contributed by atoms with E-state index >= 15 is 0 Å². The second-order valence-corrected chi connectivity index (χ2v) is 5.95. The lowest BCUT2D eigenvalue weighted by Gasteiger charge is -2.34. The summed E-state index contributed by atoms with van der Waals surface area (Å²) in [6.07, 6.45) is -6.13. The van der Waals surface area contributed by atoms with Crippen LogP contribution in [0.4, 0.5) is 13.2 Å². The number of aliphatic hydroxyl groups is 1. The van der Waals surface area contributed by atoms with E-state index in [1.54, 1.807) is 0 Å². The van der Waals surface area contributed by atoms with E-state index in [0.29, 0.717) is 42.5 Å². The zero-order valence-corrected chi connectivity index (χ0v) is 11.5. The van der Waals surface area contributed by atoms with Crippen molar-refractivity contribution in [1.29, 1.82) is 0 Å². The third kappa shape index (κ3) is 3.77. The number of hydrogen-bond donors (Lipinski definition) is 1. The Morgan fingerprint density at radius 2 is 2.05 bits per heavy atom. The smallest absolute Gasteiger partial charge is 0.383 e. The van der Waals surface area contributed by atoms with Gasteiger partial charge in [0.15, 0.2) is 6.10 Å². The molecule has 0 bridgehead atoms. The molecule has 1 unspecified atom stereocenters. The summed E-state index contributed by atoms with van der Waals surface area (Å²) in [5.41, 5.74) is 0.654. The van der Waals surface area contributed by atoms with Crippen LogP contribution in [0.1, 0.15) is 18.5 Å². The minimum Gasteiger partial charge on any atom is -0.383 e. The minimum absolute atomic E-state index is 0.315. The van der Waals surface area contributed by atoms with E-state index in [2.05, 4.69) is 9.59 Å². The highest BCUT2D eigenvalue weighted by molar-refractivity contribution is 7.10. The molecular formula is C10H13ClF3N3OS. The molecule has 0 aliphatic carbocycles. The number of alkyl halides is 3. The van der Waals surface area contributed by atoms with Crippen molar-refractivity contribution in [3.63, 3.8) is 0 Å². The molecule has 9 heteroatoms. The fourth-order valence-corrected chi connectivity index (χ4v) is 2.81. The predicted molar refractivity (Wildman–Crippen MR) is 65.0 cm³/mol. The van der Waals surface area contributed by atoms with E-state index in [1.165, 1.54) is 0 Å². The number of aromatic nitrogens is 2. The fraction of sp³-hybridized carbons (Fsp3) is 0.800. The molecule has 1 aromatic rings. The molecule has 4 nitrogen and oxygen atoms in total. The highest BCUT2D eigenvalue weighted by atomic mass is 35.5. The lowest BCUT2D eigenvalue weighted by Crippen LogP contribution is -2.43. The number of hydrogen-bond acceptors (Lipinski definition) is 5. The third-order valence-corrected chi connectivity index (χ3v) is 4.28. The first-order valence-corrected chi connectivity index (χ1v) is 6.97. The molecule has 0 amide bonds. The number of nitrogens with zero attached hydrogens (tertiary/aromatic N) is 3. The zero-order valence-electron chi connectivity index (χ0n) is 9.90. The number of likely N-dealkylation sites (tertiary alicyclic amines) is 1. The first-order chi connectivity index (χ1) is 8.88. The molecule has 1 atom stereocenters. The SMILES string of the molecule is OC(C1CCN(Cc2nnsc2Cl)CC1)C(F)(F)F. The molecule has 1 aliphatic rings. The van der Waals surface area contributed by atoms with Crippen LogP contribution in [0.2, 0.25) is 4.34 Å². The average Bonchev–Trinajstić information content (AvgIpc) is 2.74. The average molecular weight is 316 g/mol. The van der Waals surface area contributed by atoms with Crippen LogP contribution in [0.15, 0.2) is 0 Å². The van der Waals surface area contributed by atoms with Crippen LogP contribution in [-0.4, -0.2) is 45.0 Å². The Morgan fingerprint density at radius 3 is 2.53 bits per heavy atom. The van der Waals surface area contributed by atoms with E-state index < -0.39 is 18.2 Å². The monoisotopic (exact) mass is 315 g/mol. The van der Waals surface area contributed by atoms with E-state index in [9.17, 15) is 18.3 Å². The maximum absolute atomic E-state index is 12.4. The molecule has 2 heterocycles. The van der Waals surface area contributed by atoms with Gasteiger partial charge in [0.2, 0.25) is 0 Å². The second-order valence-electron chi connectivity index (χ2n) is 4.59. The lowest BCUT2D eigenvalue weighted by molar-refractivity contribution is -0.223. The maximum Gasteiger partial charge on any atom is 0.414 e. The molecule has 1 N–H and O–H groups in total. The normalized spacial score (nSPS) is 20.7. The minimum atomic E-state index is -4.53. The summed E-state index contributed by atoms with van der Waals surface area (Å²) in [5.74, 6) is -0.722. The third-order valence-electron chi connectivity index (χ3n) is 3.30. The molecule has 1 saturated heterocycles. The van der Waals surface area contributed by atoms with Gasteiger partial charge in [-0.2, -0.15) is 13.2 Å². The van der Waals surface area contributed by atoms with Crippen molar-refractivity contribution in [2.45, 2.75) is 31.7 Å². The zero-order chi connectivity index (χ0) is 14.0. The van der Waals surface area contributed by atoms with E-state index in [1.807, 2.05) is 4.90 Å². The lowest BCUT2D eigenvalue weighted by atomic mass is 9.91. The number of aliphatic hydroxyl groups excluding tert-OH is 1. The van der Waals surface area contributed by atoms with Gasteiger partial charge in [0, 0.05) is 18.1 Å². The number of halogens is 4. The van der Waals surface area contributed by atoms with Crippen LogP contribution in [0, 0.1) is 5.92 Å². The molecule has 1 aliphatic heterocycles. The molecule has 1 fully saturated rings. The quantitative estimate of drug-likeness (QED) is 0.930. The van der Waals surface area contributed by atoms with Gasteiger partial charge in [0.1, 0.15) is 10.0 Å². The van der Waals surface area contributed by atoms with E-state index in [0.717, 1.165) is 11.5 Å². The van der Waals surface area contributed by atoms with Crippen molar-refractivity contribution >= 4 is 23.1 Å².